The third-order valence-corrected chi connectivity index (χ3v) is 4.28. The lowest BCUT2D eigenvalue weighted by Crippen LogP contribution is -2.26. The summed E-state index contributed by atoms with van der Waals surface area (Å²) >= 11 is 0. The van der Waals surface area contributed by atoms with Crippen molar-refractivity contribution in [2.75, 3.05) is 26.7 Å². The van der Waals surface area contributed by atoms with Crippen LogP contribution in [0.4, 0.5) is 0 Å². The minimum Gasteiger partial charge on any atom is -0.494 e. The predicted molar refractivity (Wildman–Crippen MR) is 84.3 cm³/mol. The van der Waals surface area contributed by atoms with Crippen molar-refractivity contribution in [3.63, 3.8) is 0 Å². The Morgan fingerprint density at radius 1 is 1.35 bits per heavy atom. The maximum atomic E-state index is 5.86. The van der Waals surface area contributed by atoms with Crippen molar-refractivity contribution < 1.29 is 4.74 Å². The van der Waals surface area contributed by atoms with Crippen LogP contribution in [0, 0.1) is 0 Å². The minimum atomic E-state index is 0.404. The molecule has 1 fully saturated rings. The fraction of sp³-hybridized carbons (Fsp3) is 0.647. The largest absolute Gasteiger partial charge is 0.494 e. The summed E-state index contributed by atoms with van der Waals surface area (Å²) < 4.78 is 5.86. The molecule has 2 atom stereocenters. The molecule has 1 N–H and O–H groups in total. The molecule has 0 aromatic heterocycles. The van der Waals surface area contributed by atoms with E-state index in [1.807, 2.05) is 0 Å². The number of likely N-dealkylation sites (tertiary alicyclic amines) is 1. The molecule has 1 saturated heterocycles. The van der Waals surface area contributed by atoms with E-state index in [1.165, 1.54) is 24.9 Å². The van der Waals surface area contributed by atoms with Gasteiger partial charge in [-0.25, -0.2) is 0 Å². The third-order valence-electron chi connectivity index (χ3n) is 4.28. The predicted octanol–water partition coefficient (Wildman–Crippen LogP) is 3.22. The van der Waals surface area contributed by atoms with Crippen LogP contribution in [0.1, 0.15) is 44.7 Å². The van der Waals surface area contributed by atoms with Crippen LogP contribution in [0.15, 0.2) is 24.3 Å². The van der Waals surface area contributed by atoms with Gasteiger partial charge in [0.25, 0.3) is 0 Å². The Kier molecular flexibility index (Phi) is 5.86. The van der Waals surface area contributed by atoms with Gasteiger partial charge in [-0.3, -0.25) is 0 Å². The zero-order valence-corrected chi connectivity index (χ0v) is 13.1. The smallest absolute Gasteiger partial charge is 0.119 e. The molecule has 1 heterocycles. The lowest BCUT2D eigenvalue weighted by molar-refractivity contribution is 0.233. The summed E-state index contributed by atoms with van der Waals surface area (Å²) in [4.78, 5) is 2.45. The van der Waals surface area contributed by atoms with Gasteiger partial charge >= 0.3 is 0 Å². The van der Waals surface area contributed by atoms with Crippen LogP contribution >= 0.6 is 0 Å². The summed E-state index contributed by atoms with van der Waals surface area (Å²) in [7, 11) is 2.22. The molecule has 0 aliphatic carbocycles. The normalized spacial score (nSPS) is 21.1. The number of ether oxygens (including phenoxy) is 1. The molecule has 1 aliphatic heterocycles. The van der Waals surface area contributed by atoms with Gasteiger partial charge in [-0.05, 0) is 64.0 Å². The zero-order chi connectivity index (χ0) is 14.4. The number of rotatable bonds is 7. The van der Waals surface area contributed by atoms with Gasteiger partial charge in [0.1, 0.15) is 5.75 Å². The summed E-state index contributed by atoms with van der Waals surface area (Å²) in [5, 5.41) is 3.42. The van der Waals surface area contributed by atoms with Crippen molar-refractivity contribution >= 4 is 0 Å². The van der Waals surface area contributed by atoms with E-state index in [0.717, 1.165) is 25.3 Å². The molecule has 0 amide bonds. The minimum absolute atomic E-state index is 0.404. The van der Waals surface area contributed by atoms with Gasteiger partial charge < -0.3 is 15.0 Å². The average Bonchev–Trinajstić information content (AvgIpc) is 2.85. The molecule has 112 valence electrons. The van der Waals surface area contributed by atoms with E-state index in [2.05, 4.69) is 55.4 Å². The molecule has 0 spiro atoms. The van der Waals surface area contributed by atoms with Gasteiger partial charge in [-0.15, -0.1) is 0 Å². The molecular formula is C17H28N2O. The number of hydrogen-bond acceptors (Lipinski definition) is 3. The quantitative estimate of drug-likeness (QED) is 0.827. The van der Waals surface area contributed by atoms with E-state index in [0.29, 0.717) is 12.1 Å². The zero-order valence-electron chi connectivity index (χ0n) is 13.1. The van der Waals surface area contributed by atoms with Crippen LogP contribution in [0.25, 0.3) is 0 Å². The van der Waals surface area contributed by atoms with Crippen molar-refractivity contribution in [3.8, 4) is 5.75 Å². The van der Waals surface area contributed by atoms with Crippen molar-refractivity contribution in [1.29, 1.82) is 0 Å². The standard InChI is InChI=1S/C17H28N2O/c1-4-18-14(2)15-7-9-17(10-8-15)20-13-11-16-6-5-12-19(16)3/h7-10,14,16,18H,4-6,11-13H2,1-3H3. The molecule has 3 nitrogen and oxygen atoms in total. The van der Waals surface area contributed by atoms with Crippen LogP contribution in [-0.2, 0) is 0 Å². The molecule has 20 heavy (non-hydrogen) atoms. The van der Waals surface area contributed by atoms with Crippen molar-refractivity contribution in [1.82, 2.24) is 10.2 Å². The summed E-state index contributed by atoms with van der Waals surface area (Å²) in [5.74, 6) is 0.984. The molecule has 2 rings (SSSR count). The van der Waals surface area contributed by atoms with E-state index in [1.54, 1.807) is 0 Å². The molecule has 0 radical (unpaired) electrons. The Bertz CT molecular complexity index is 390. The van der Waals surface area contributed by atoms with Gasteiger partial charge in [-0.2, -0.15) is 0 Å². The Balaban J connectivity index is 1.76. The molecule has 2 unspecified atom stereocenters. The highest BCUT2D eigenvalue weighted by molar-refractivity contribution is 5.28. The Hall–Kier alpha value is -1.06. The molecular weight excluding hydrogens is 248 g/mol. The summed E-state index contributed by atoms with van der Waals surface area (Å²) in [6, 6.07) is 9.60. The summed E-state index contributed by atoms with van der Waals surface area (Å²) in [6.45, 7) is 7.37. The molecule has 1 aromatic carbocycles. The Morgan fingerprint density at radius 3 is 2.70 bits per heavy atom. The summed E-state index contributed by atoms with van der Waals surface area (Å²) in [5.41, 5.74) is 1.31. The molecule has 1 aliphatic rings. The highest BCUT2D eigenvalue weighted by atomic mass is 16.5. The van der Waals surface area contributed by atoms with E-state index in [4.69, 9.17) is 4.74 Å². The van der Waals surface area contributed by atoms with E-state index in [9.17, 15) is 0 Å². The number of nitrogens with one attached hydrogen (secondary N) is 1. The van der Waals surface area contributed by atoms with E-state index < -0.39 is 0 Å². The van der Waals surface area contributed by atoms with Crippen LogP contribution in [0.3, 0.4) is 0 Å². The van der Waals surface area contributed by atoms with Crippen LogP contribution < -0.4 is 10.1 Å². The monoisotopic (exact) mass is 276 g/mol. The topological polar surface area (TPSA) is 24.5 Å². The highest BCUT2D eigenvalue weighted by Gasteiger charge is 2.20. The second-order valence-electron chi connectivity index (χ2n) is 5.76. The van der Waals surface area contributed by atoms with Gasteiger partial charge in [0.2, 0.25) is 0 Å². The number of nitrogens with zero attached hydrogens (tertiary/aromatic N) is 1. The van der Waals surface area contributed by atoms with E-state index in [-0.39, 0.29) is 0 Å². The third kappa shape index (κ3) is 4.22. The highest BCUT2D eigenvalue weighted by Crippen LogP contribution is 2.20. The van der Waals surface area contributed by atoms with Crippen LogP contribution in [-0.4, -0.2) is 37.7 Å². The number of benzene rings is 1. The van der Waals surface area contributed by atoms with Gasteiger partial charge in [0.15, 0.2) is 0 Å². The number of hydrogen-bond donors (Lipinski definition) is 1. The second-order valence-corrected chi connectivity index (χ2v) is 5.76. The first-order chi connectivity index (χ1) is 9.70. The van der Waals surface area contributed by atoms with E-state index >= 15 is 0 Å². The Labute approximate surface area is 123 Å². The van der Waals surface area contributed by atoms with Crippen LogP contribution in [0.5, 0.6) is 5.75 Å². The fourth-order valence-corrected chi connectivity index (χ4v) is 2.93. The fourth-order valence-electron chi connectivity index (χ4n) is 2.93. The second kappa shape index (κ2) is 7.65. The van der Waals surface area contributed by atoms with Crippen molar-refractivity contribution in [3.05, 3.63) is 29.8 Å². The van der Waals surface area contributed by atoms with Crippen molar-refractivity contribution in [2.45, 2.75) is 45.2 Å². The Morgan fingerprint density at radius 2 is 2.10 bits per heavy atom. The van der Waals surface area contributed by atoms with Crippen LogP contribution in [0.2, 0.25) is 0 Å². The maximum absolute atomic E-state index is 5.86. The molecule has 3 heteroatoms. The average molecular weight is 276 g/mol. The lowest BCUT2D eigenvalue weighted by Gasteiger charge is -2.19. The van der Waals surface area contributed by atoms with Gasteiger partial charge in [0, 0.05) is 12.1 Å². The SMILES string of the molecule is CCNC(C)c1ccc(OCCC2CCCN2C)cc1. The van der Waals surface area contributed by atoms with Gasteiger partial charge in [-0.1, -0.05) is 19.1 Å². The first kappa shape index (κ1) is 15.3. The summed E-state index contributed by atoms with van der Waals surface area (Å²) in [6.07, 6.45) is 3.78. The molecule has 1 aromatic rings. The molecule has 0 bridgehead atoms. The first-order valence-corrected chi connectivity index (χ1v) is 7.87. The molecule has 0 saturated carbocycles. The first-order valence-electron chi connectivity index (χ1n) is 7.87. The maximum Gasteiger partial charge on any atom is 0.119 e. The van der Waals surface area contributed by atoms with Gasteiger partial charge in [0.05, 0.1) is 6.61 Å². The van der Waals surface area contributed by atoms with Crippen molar-refractivity contribution in [2.24, 2.45) is 0 Å². The lowest BCUT2D eigenvalue weighted by atomic mass is 10.1.